The highest BCUT2D eigenvalue weighted by Gasteiger charge is 2.32. The van der Waals surface area contributed by atoms with Crippen LogP contribution in [0, 0.1) is 5.82 Å². The molecule has 1 aromatic heterocycles. The van der Waals surface area contributed by atoms with Gasteiger partial charge in [0.05, 0.1) is 13.3 Å². The number of rotatable bonds is 6. The van der Waals surface area contributed by atoms with Gasteiger partial charge in [-0.2, -0.15) is 5.10 Å². The second kappa shape index (κ2) is 6.26. The first-order valence-electron chi connectivity index (χ1n) is 7.05. The van der Waals surface area contributed by atoms with Crippen molar-refractivity contribution in [1.82, 2.24) is 9.78 Å². The summed E-state index contributed by atoms with van der Waals surface area (Å²) < 4.78 is 20.8. The van der Waals surface area contributed by atoms with E-state index in [1.807, 2.05) is 6.92 Å². The van der Waals surface area contributed by atoms with Gasteiger partial charge in [-0.25, -0.2) is 4.39 Å². The molecule has 1 heterocycles. The third kappa shape index (κ3) is 3.24. The maximum atomic E-state index is 13.8. The molecular formula is C16H21FN2O2. The lowest BCUT2D eigenvalue weighted by molar-refractivity contribution is 0.0442. The summed E-state index contributed by atoms with van der Waals surface area (Å²) in [5.41, 5.74) is -0.219. The Balaban J connectivity index is 2.39. The number of hydrogen-bond donors (Lipinski definition) is 1. The second-order valence-electron chi connectivity index (χ2n) is 5.33. The van der Waals surface area contributed by atoms with E-state index in [0.717, 1.165) is 6.42 Å². The average Bonchev–Trinajstić information content (AvgIpc) is 2.85. The minimum absolute atomic E-state index is 0.158. The van der Waals surface area contributed by atoms with E-state index in [0.29, 0.717) is 23.6 Å². The number of ether oxygens (including phenoxy) is 1. The van der Waals surface area contributed by atoms with Crippen LogP contribution < -0.4 is 4.74 Å². The molecule has 0 amide bonds. The number of benzene rings is 1. The summed E-state index contributed by atoms with van der Waals surface area (Å²) in [6.45, 7) is 4.36. The number of aliphatic hydroxyl groups is 1. The lowest BCUT2D eigenvalue weighted by atomic mass is 9.92. The zero-order valence-electron chi connectivity index (χ0n) is 12.6. The van der Waals surface area contributed by atoms with Gasteiger partial charge in [-0.3, -0.25) is 4.68 Å². The van der Waals surface area contributed by atoms with Gasteiger partial charge in [-0.15, -0.1) is 0 Å². The van der Waals surface area contributed by atoms with Crippen molar-refractivity contribution >= 4 is 0 Å². The Morgan fingerprint density at radius 2 is 2.10 bits per heavy atom. The molecule has 21 heavy (non-hydrogen) atoms. The zero-order valence-corrected chi connectivity index (χ0v) is 12.6. The number of methoxy groups -OCH3 is 1. The number of aryl methyl sites for hydroxylation is 1. The second-order valence-corrected chi connectivity index (χ2v) is 5.33. The molecule has 1 atom stereocenters. The molecule has 0 spiro atoms. The van der Waals surface area contributed by atoms with Crippen LogP contribution in [-0.2, 0) is 18.6 Å². The third-order valence-corrected chi connectivity index (χ3v) is 3.46. The van der Waals surface area contributed by atoms with Gasteiger partial charge in [0.1, 0.15) is 17.1 Å². The number of aromatic nitrogens is 2. The summed E-state index contributed by atoms with van der Waals surface area (Å²) >= 11 is 0. The van der Waals surface area contributed by atoms with Gasteiger partial charge in [0.25, 0.3) is 0 Å². The van der Waals surface area contributed by atoms with Crippen molar-refractivity contribution in [3.05, 3.63) is 47.5 Å². The molecule has 0 bridgehead atoms. The molecular weight excluding hydrogens is 271 g/mol. The summed E-state index contributed by atoms with van der Waals surface area (Å²) in [6, 6.07) is 6.47. The Kier molecular flexibility index (Phi) is 4.63. The fourth-order valence-electron chi connectivity index (χ4n) is 2.54. The normalized spacial score (nSPS) is 14.0. The van der Waals surface area contributed by atoms with Crippen molar-refractivity contribution in [2.45, 2.75) is 38.8 Å². The molecule has 0 saturated carbocycles. The fraction of sp³-hybridized carbons (Fsp3) is 0.438. The molecule has 1 N–H and O–H groups in total. The minimum atomic E-state index is -1.26. The maximum absolute atomic E-state index is 13.8. The van der Waals surface area contributed by atoms with Crippen LogP contribution >= 0.6 is 0 Å². The molecule has 2 aromatic rings. The molecule has 114 valence electrons. The molecule has 4 nitrogen and oxygen atoms in total. The van der Waals surface area contributed by atoms with Crippen LogP contribution in [0.1, 0.15) is 31.5 Å². The Hall–Kier alpha value is -1.88. The van der Waals surface area contributed by atoms with E-state index in [4.69, 9.17) is 4.74 Å². The Morgan fingerprint density at radius 3 is 2.71 bits per heavy atom. The highest BCUT2D eigenvalue weighted by molar-refractivity contribution is 5.32. The van der Waals surface area contributed by atoms with Crippen molar-refractivity contribution in [2.75, 3.05) is 7.11 Å². The molecule has 0 radical (unpaired) electrons. The molecule has 1 aromatic carbocycles. The SMILES string of the molecule is CCCn1ncc(OC)c1C(C)(O)Cc1ccccc1F. The molecule has 1 unspecified atom stereocenters. The molecule has 0 saturated heterocycles. The number of hydrogen-bond acceptors (Lipinski definition) is 3. The average molecular weight is 292 g/mol. The van der Waals surface area contributed by atoms with Gasteiger partial charge in [0, 0.05) is 13.0 Å². The van der Waals surface area contributed by atoms with E-state index < -0.39 is 5.60 Å². The van der Waals surface area contributed by atoms with Crippen LogP contribution in [-0.4, -0.2) is 22.0 Å². The highest BCUT2D eigenvalue weighted by Crippen LogP contribution is 2.33. The lowest BCUT2D eigenvalue weighted by Gasteiger charge is -2.25. The fourth-order valence-corrected chi connectivity index (χ4v) is 2.54. The topological polar surface area (TPSA) is 47.3 Å². The predicted octanol–water partition coefficient (Wildman–Crippen LogP) is 2.89. The van der Waals surface area contributed by atoms with Crippen LogP contribution in [0.4, 0.5) is 4.39 Å². The summed E-state index contributed by atoms with van der Waals surface area (Å²) in [6.07, 6.45) is 2.62. The third-order valence-electron chi connectivity index (χ3n) is 3.46. The first-order chi connectivity index (χ1) is 9.99. The summed E-state index contributed by atoms with van der Waals surface area (Å²) in [5, 5.41) is 15.1. The van der Waals surface area contributed by atoms with Gasteiger partial charge in [0.2, 0.25) is 0 Å². The lowest BCUT2D eigenvalue weighted by Crippen LogP contribution is -2.29. The van der Waals surface area contributed by atoms with Crippen LogP contribution in [0.2, 0.25) is 0 Å². The summed E-state index contributed by atoms with van der Waals surface area (Å²) in [4.78, 5) is 0. The number of nitrogens with zero attached hydrogens (tertiary/aromatic N) is 2. The number of halogens is 1. The van der Waals surface area contributed by atoms with E-state index in [1.165, 1.54) is 13.2 Å². The van der Waals surface area contributed by atoms with Gasteiger partial charge >= 0.3 is 0 Å². The van der Waals surface area contributed by atoms with Crippen LogP contribution in [0.25, 0.3) is 0 Å². The first-order valence-corrected chi connectivity index (χ1v) is 7.05. The van der Waals surface area contributed by atoms with Crippen molar-refractivity contribution in [2.24, 2.45) is 0 Å². The van der Waals surface area contributed by atoms with Gasteiger partial charge in [-0.1, -0.05) is 25.1 Å². The van der Waals surface area contributed by atoms with E-state index in [1.54, 1.807) is 36.0 Å². The largest absolute Gasteiger partial charge is 0.493 e. The first kappa shape index (κ1) is 15.5. The zero-order chi connectivity index (χ0) is 15.5. The van der Waals surface area contributed by atoms with Crippen LogP contribution in [0.3, 0.4) is 0 Å². The summed E-state index contributed by atoms with van der Waals surface area (Å²) in [5.74, 6) is 0.197. The molecule has 0 fully saturated rings. The smallest absolute Gasteiger partial charge is 0.162 e. The Bertz CT molecular complexity index is 608. The van der Waals surface area contributed by atoms with Gasteiger partial charge in [-0.05, 0) is 25.0 Å². The van der Waals surface area contributed by atoms with Crippen LogP contribution in [0.15, 0.2) is 30.5 Å². The predicted molar refractivity (Wildman–Crippen MR) is 78.7 cm³/mol. The Labute approximate surface area is 124 Å². The van der Waals surface area contributed by atoms with Crippen molar-refractivity contribution < 1.29 is 14.2 Å². The standard InChI is InChI=1S/C16H21FN2O2/c1-4-9-19-15(14(21-3)11-18-19)16(2,20)10-12-7-5-6-8-13(12)17/h5-8,11,20H,4,9-10H2,1-3H3. The monoisotopic (exact) mass is 292 g/mol. The minimum Gasteiger partial charge on any atom is -0.493 e. The van der Waals surface area contributed by atoms with Gasteiger partial charge in [0.15, 0.2) is 5.75 Å². The van der Waals surface area contributed by atoms with E-state index in [-0.39, 0.29) is 12.2 Å². The maximum Gasteiger partial charge on any atom is 0.162 e. The van der Waals surface area contributed by atoms with Crippen molar-refractivity contribution in [3.63, 3.8) is 0 Å². The van der Waals surface area contributed by atoms with E-state index in [9.17, 15) is 9.50 Å². The molecule has 0 aliphatic rings. The molecule has 5 heteroatoms. The Morgan fingerprint density at radius 1 is 1.38 bits per heavy atom. The van der Waals surface area contributed by atoms with Crippen molar-refractivity contribution in [1.29, 1.82) is 0 Å². The van der Waals surface area contributed by atoms with E-state index in [2.05, 4.69) is 5.10 Å². The molecule has 0 aliphatic heterocycles. The molecule has 0 aliphatic carbocycles. The van der Waals surface area contributed by atoms with Gasteiger partial charge < -0.3 is 9.84 Å². The molecule has 2 rings (SSSR count). The highest BCUT2D eigenvalue weighted by atomic mass is 19.1. The van der Waals surface area contributed by atoms with E-state index >= 15 is 0 Å². The van der Waals surface area contributed by atoms with Crippen LogP contribution in [0.5, 0.6) is 5.75 Å². The summed E-state index contributed by atoms with van der Waals surface area (Å²) in [7, 11) is 1.54. The van der Waals surface area contributed by atoms with Crippen molar-refractivity contribution in [3.8, 4) is 5.75 Å². The quantitative estimate of drug-likeness (QED) is 0.890.